The molecule has 1 spiro atoms. The maximum absolute atomic E-state index is 14.8. The molecule has 6 atom stereocenters. The molecule has 4 rings (SSSR count). The van der Waals surface area contributed by atoms with Crippen molar-refractivity contribution in [3.8, 4) is 0 Å². The highest BCUT2D eigenvalue weighted by molar-refractivity contribution is 6.34. The number of hydrogen-bond acceptors (Lipinski definition) is 6. The van der Waals surface area contributed by atoms with Crippen molar-refractivity contribution in [3.05, 3.63) is 54.1 Å². The third-order valence-electron chi connectivity index (χ3n) is 8.88. The van der Waals surface area contributed by atoms with Crippen molar-refractivity contribution in [1.29, 1.82) is 0 Å². The average molecular weight is 587 g/mol. The molecule has 1 N–H and O–H groups in total. The zero-order chi connectivity index (χ0) is 30.1. The van der Waals surface area contributed by atoms with E-state index in [2.05, 4.69) is 13.2 Å². The number of carbonyl (C=O) groups is 3. The van der Waals surface area contributed by atoms with Gasteiger partial charge in [0.1, 0.15) is 17.6 Å². The number of amides is 2. The maximum Gasteiger partial charge on any atom is 0.312 e. The van der Waals surface area contributed by atoms with Gasteiger partial charge < -0.3 is 24.4 Å². The molecule has 41 heavy (non-hydrogen) atoms. The van der Waals surface area contributed by atoms with E-state index in [1.54, 1.807) is 23.1 Å². The summed E-state index contributed by atoms with van der Waals surface area (Å²) in [4.78, 5) is 45.9. The Morgan fingerprint density at radius 3 is 2.63 bits per heavy atom. The topological polar surface area (TPSA) is 96.4 Å². The number of carbonyl (C=O) groups excluding carboxylic acids is 3. The first kappa shape index (κ1) is 31.3. The number of para-hydroxylation sites is 1. The molecule has 3 heterocycles. The Morgan fingerprint density at radius 2 is 2.02 bits per heavy atom. The lowest BCUT2D eigenvalue weighted by Crippen LogP contribution is -2.59. The molecule has 1 aromatic carbocycles. The van der Waals surface area contributed by atoms with Gasteiger partial charge in [-0.05, 0) is 63.5 Å². The van der Waals surface area contributed by atoms with Crippen molar-refractivity contribution in [2.24, 2.45) is 17.8 Å². The summed E-state index contributed by atoms with van der Waals surface area (Å²) < 4.78 is 12.4. The Bertz CT molecular complexity index is 1180. The van der Waals surface area contributed by atoms with E-state index in [1.807, 2.05) is 39.8 Å². The average Bonchev–Trinajstić information content (AvgIpc) is 3.49. The first-order valence-electron chi connectivity index (χ1n) is 14.6. The number of hydrogen-bond donors (Lipinski definition) is 1. The lowest BCUT2D eigenvalue weighted by molar-refractivity contribution is -0.160. The molecule has 2 bridgehead atoms. The zero-order valence-electron chi connectivity index (χ0n) is 24.6. The highest BCUT2D eigenvalue weighted by atomic mass is 35.5. The van der Waals surface area contributed by atoms with Gasteiger partial charge in [-0.1, -0.05) is 49.7 Å². The second-order valence-corrected chi connectivity index (χ2v) is 12.6. The fourth-order valence-corrected chi connectivity index (χ4v) is 7.56. The molecule has 3 aliphatic heterocycles. The van der Waals surface area contributed by atoms with Crippen LogP contribution in [0.5, 0.6) is 0 Å². The van der Waals surface area contributed by atoms with Gasteiger partial charge >= 0.3 is 5.97 Å². The van der Waals surface area contributed by atoms with Crippen LogP contribution >= 0.6 is 11.6 Å². The summed E-state index contributed by atoms with van der Waals surface area (Å²) in [5.74, 6) is -2.83. The molecule has 0 aliphatic carbocycles. The van der Waals surface area contributed by atoms with Gasteiger partial charge in [-0.3, -0.25) is 14.4 Å². The Kier molecular flexibility index (Phi) is 9.36. The number of aryl methyl sites for hydroxylation is 1. The van der Waals surface area contributed by atoms with Gasteiger partial charge in [0.15, 0.2) is 0 Å². The Morgan fingerprint density at radius 1 is 1.29 bits per heavy atom. The fourth-order valence-electron chi connectivity index (χ4n) is 7.24. The number of benzene rings is 1. The molecular formula is C32H43ClN2O6. The molecule has 0 saturated carbocycles. The predicted molar refractivity (Wildman–Crippen MR) is 159 cm³/mol. The smallest absolute Gasteiger partial charge is 0.312 e. The maximum atomic E-state index is 14.8. The van der Waals surface area contributed by atoms with Gasteiger partial charge in [0.25, 0.3) is 5.91 Å². The molecule has 2 unspecified atom stereocenters. The lowest BCUT2D eigenvalue weighted by atomic mass is 9.66. The second kappa shape index (κ2) is 12.3. The summed E-state index contributed by atoms with van der Waals surface area (Å²) >= 11 is 6.63. The van der Waals surface area contributed by atoms with Crippen LogP contribution in [0.2, 0.25) is 5.02 Å². The van der Waals surface area contributed by atoms with Crippen molar-refractivity contribution in [3.63, 3.8) is 0 Å². The predicted octanol–water partition coefficient (Wildman–Crippen LogP) is 4.85. The lowest BCUT2D eigenvalue weighted by Gasteiger charge is -2.40. The molecule has 3 saturated heterocycles. The minimum absolute atomic E-state index is 0.143. The van der Waals surface area contributed by atoms with E-state index < -0.39 is 41.1 Å². The van der Waals surface area contributed by atoms with Gasteiger partial charge in [0, 0.05) is 6.54 Å². The SMILES string of the molecule is C=CCCCOC(=O)[C@H]1[C@H]2C(=O)N([C@@H](CO)CC(C)C)C(C(=O)N(CC=C)c3c(C)cccc3Cl)C23CC[C@]1(C)O3. The highest BCUT2D eigenvalue weighted by Gasteiger charge is 2.79. The van der Waals surface area contributed by atoms with E-state index >= 15 is 0 Å². The summed E-state index contributed by atoms with van der Waals surface area (Å²) in [5.41, 5.74) is -0.862. The van der Waals surface area contributed by atoms with E-state index in [4.69, 9.17) is 21.1 Å². The number of aliphatic hydroxyl groups is 1. The number of likely N-dealkylation sites (tertiary alicyclic amines) is 1. The van der Waals surface area contributed by atoms with E-state index in [0.717, 1.165) is 5.56 Å². The van der Waals surface area contributed by atoms with Gasteiger partial charge in [-0.2, -0.15) is 0 Å². The van der Waals surface area contributed by atoms with Crippen LogP contribution in [0.4, 0.5) is 5.69 Å². The first-order valence-corrected chi connectivity index (χ1v) is 14.9. The molecular weight excluding hydrogens is 544 g/mol. The minimum atomic E-state index is -1.24. The normalized spacial score (nSPS) is 29.0. The monoisotopic (exact) mass is 586 g/mol. The first-order chi connectivity index (χ1) is 19.5. The fraction of sp³-hybridized carbons (Fsp3) is 0.594. The van der Waals surface area contributed by atoms with Gasteiger partial charge in [0.05, 0.1) is 41.5 Å². The molecule has 224 valence electrons. The van der Waals surface area contributed by atoms with Crippen LogP contribution in [0.3, 0.4) is 0 Å². The van der Waals surface area contributed by atoms with E-state index in [-0.39, 0.29) is 37.5 Å². The number of anilines is 1. The van der Waals surface area contributed by atoms with Crippen LogP contribution in [0.15, 0.2) is 43.5 Å². The number of nitrogens with zero attached hydrogens (tertiary/aromatic N) is 2. The number of halogens is 1. The number of rotatable bonds is 13. The molecule has 9 heteroatoms. The molecule has 0 aromatic heterocycles. The zero-order valence-corrected chi connectivity index (χ0v) is 25.4. The third-order valence-corrected chi connectivity index (χ3v) is 9.19. The summed E-state index contributed by atoms with van der Waals surface area (Å²) in [5, 5.41) is 10.9. The largest absolute Gasteiger partial charge is 0.465 e. The molecule has 2 amide bonds. The summed E-state index contributed by atoms with van der Waals surface area (Å²) in [6, 6.07) is 3.71. The van der Waals surface area contributed by atoms with Gasteiger partial charge in [-0.25, -0.2) is 0 Å². The van der Waals surface area contributed by atoms with Crippen LogP contribution in [0.25, 0.3) is 0 Å². The van der Waals surface area contributed by atoms with Crippen LogP contribution in [0.1, 0.15) is 58.4 Å². The quantitative estimate of drug-likeness (QED) is 0.202. The molecule has 8 nitrogen and oxygen atoms in total. The summed E-state index contributed by atoms with van der Waals surface area (Å²) in [6.45, 7) is 15.3. The van der Waals surface area contributed by atoms with Crippen LogP contribution in [-0.2, 0) is 23.9 Å². The highest BCUT2D eigenvalue weighted by Crippen LogP contribution is 2.64. The van der Waals surface area contributed by atoms with E-state index in [0.29, 0.717) is 42.8 Å². The number of esters is 1. The second-order valence-electron chi connectivity index (χ2n) is 12.2. The van der Waals surface area contributed by atoms with Crippen molar-refractivity contribution in [2.45, 2.75) is 83.1 Å². The molecule has 3 fully saturated rings. The van der Waals surface area contributed by atoms with Crippen LogP contribution in [0, 0.1) is 24.7 Å². The minimum Gasteiger partial charge on any atom is -0.465 e. The third kappa shape index (κ3) is 5.35. The molecule has 0 radical (unpaired) electrons. The summed E-state index contributed by atoms with van der Waals surface area (Å²) in [7, 11) is 0. The summed E-state index contributed by atoms with van der Waals surface area (Å²) in [6.07, 6.45) is 6.12. The van der Waals surface area contributed by atoms with Crippen molar-refractivity contribution in [1.82, 2.24) is 4.90 Å². The number of fused-ring (bicyclic) bond motifs is 1. The Labute approximate surface area is 248 Å². The Hall–Kier alpha value is -2.68. The van der Waals surface area contributed by atoms with Gasteiger partial charge in [0.2, 0.25) is 5.91 Å². The van der Waals surface area contributed by atoms with Crippen LogP contribution in [-0.4, -0.2) is 70.8 Å². The van der Waals surface area contributed by atoms with Crippen molar-refractivity contribution in [2.75, 3.05) is 24.7 Å². The van der Waals surface area contributed by atoms with Crippen LogP contribution < -0.4 is 4.90 Å². The molecule has 1 aromatic rings. The Balaban J connectivity index is 1.82. The molecule has 3 aliphatic rings. The van der Waals surface area contributed by atoms with Crippen molar-refractivity contribution >= 4 is 35.1 Å². The standard InChI is InChI=1S/C32H43ClN2O6/c1-7-9-10-17-40-30(39)25-24-28(37)35(22(19-36)18-20(3)4)27(32(24)15-14-31(25,6)41-32)29(38)34(16-8-2)26-21(5)12-11-13-23(26)33/h7-8,11-13,20,22,24-25,27,36H,1-2,9-10,14-19H2,3-6H3/t22-,24+,25-,27?,31+,32?/m1/s1. The number of ether oxygens (including phenoxy) is 2. The van der Waals surface area contributed by atoms with Crippen molar-refractivity contribution < 1.29 is 29.0 Å². The van der Waals surface area contributed by atoms with E-state index in [1.165, 1.54) is 4.90 Å². The number of unbranched alkanes of at least 4 members (excludes halogenated alkanes) is 1. The van der Waals surface area contributed by atoms with E-state index in [9.17, 15) is 19.5 Å². The number of allylic oxidation sites excluding steroid dienone is 1. The van der Waals surface area contributed by atoms with Gasteiger partial charge in [-0.15, -0.1) is 13.2 Å². The number of aliphatic hydroxyl groups excluding tert-OH is 1.